The van der Waals surface area contributed by atoms with Gasteiger partial charge in [0.2, 0.25) is 10.0 Å². The summed E-state index contributed by atoms with van der Waals surface area (Å²) in [6, 6.07) is 12.1. The smallest absolute Gasteiger partial charge is 0.207 e. The lowest BCUT2D eigenvalue weighted by Crippen LogP contribution is -2.46. The molecule has 0 aromatic heterocycles. The summed E-state index contributed by atoms with van der Waals surface area (Å²) < 4.78 is 57.2. The van der Waals surface area contributed by atoms with E-state index in [0.29, 0.717) is 18.7 Å². The van der Waals surface area contributed by atoms with Gasteiger partial charge in [0.1, 0.15) is 11.6 Å². The highest BCUT2D eigenvalue weighted by atomic mass is 32.2. The zero-order chi connectivity index (χ0) is 26.7. The molecule has 3 rings (SSSR count). The van der Waals surface area contributed by atoms with E-state index in [1.165, 1.54) is 29.6 Å². The number of hydrogen-bond donors (Lipinski definition) is 0. The molecule has 36 heavy (non-hydrogen) atoms. The molecule has 0 heterocycles. The van der Waals surface area contributed by atoms with E-state index in [-0.39, 0.29) is 32.9 Å². The van der Waals surface area contributed by atoms with Crippen LogP contribution in [0.5, 0.6) is 0 Å². The van der Waals surface area contributed by atoms with Crippen molar-refractivity contribution in [2.45, 2.75) is 45.4 Å². The SMILES string of the molecule is C=C(/C=C(\N=NC)c1c(F)cccc1F)C1CCC(C)(CN(CC)S(=O)(=O)c2ccccc2)C1(C)C. The van der Waals surface area contributed by atoms with Gasteiger partial charge in [0.15, 0.2) is 0 Å². The summed E-state index contributed by atoms with van der Waals surface area (Å²) in [7, 11) is -2.21. The summed E-state index contributed by atoms with van der Waals surface area (Å²) in [5, 5.41) is 7.75. The molecule has 0 N–H and O–H groups in total. The van der Waals surface area contributed by atoms with Crippen LogP contribution in [-0.4, -0.2) is 32.9 Å². The van der Waals surface area contributed by atoms with Crippen LogP contribution in [0.2, 0.25) is 0 Å². The Morgan fingerprint density at radius 1 is 1.11 bits per heavy atom. The minimum Gasteiger partial charge on any atom is -0.207 e. The predicted octanol–water partition coefficient (Wildman–Crippen LogP) is 7.10. The molecule has 0 bridgehead atoms. The largest absolute Gasteiger partial charge is 0.243 e. The van der Waals surface area contributed by atoms with Gasteiger partial charge in [0, 0.05) is 20.1 Å². The summed E-state index contributed by atoms with van der Waals surface area (Å²) in [5.74, 6) is -1.49. The minimum absolute atomic E-state index is 0.0440. The zero-order valence-electron chi connectivity index (χ0n) is 21.6. The first-order chi connectivity index (χ1) is 16.9. The van der Waals surface area contributed by atoms with E-state index in [1.807, 2.05) is 6.92 Å². The average Bonchev–Trinajstić information content (AvgIpc) is 3.06. The van der Waals surface area contributed by atoms with Crippen molar-refractivity contribution in [1.29, 1.82) is 0 Å². The van der Waals surface area contributed by atoms with E-state index < -0.39 is 21.7 Å². The normalized spacial score (nSPS) is 22.4. The van der Waals surface area contributed by atoms with Crippen LogP contribution in [0.25, 0.3) is 5.70 Å². The van der Waals surface area contributed by atoms with Gasteiger partial charge >= 0.3 is 0 Å². The Labute approximate surface area is 213 Å². The molecule has 0 aliphatic heterocycles. The van der Waals surface area contributed by atoms with Gasteiger partial charge in [0.25, 0.3) is 0 Å². The third-order valence-corrected chi connectivity index (χ3v) is 9.80. The van der Waals surface area contributed by atoms with Crippen molar-refractivity contribution in [3.63, 3.8) is 0 Å². The molecule has 194 valence electrons. The summed E-state index contributed by atoms with van der Waals surface area (Å²) in [6.07, 6.45) is 3.14. The summed E-state index contributed by atoms with van der Waals surface area (Å²) in [6.45, 7) is 13.1. The number of sulfonamides is 1. The van der Waals surface area contributed by atoms with Crippen LogP contribution >= 0.6 is 0 Å². The van der Waals surface area contributed by atoms with Crippen molar-refractivity contribution in [2.75, 3.05) is 20.1 Å². The molecule has 1 saturated carbocycles. The van der Waals surface area contributed by atoms with Gasteiger partial charge in [-0.1, -0.05) is 58.5 Å². The molecule has 0 amide bonds. The lowest BCUT2D eigenvalue weighted by Gasteiger charge is -2.44. The number of azo groups is 1. The highest BCUT2D eigenvalue weighted by molar-refractivity contribution is 7.89. The number of halogens is 2. The molecule has 2 aromatic rings. The van der Waals surface area contributed by atoms with Gasteiger partial charge < -0.3 is 0 Å². The van der Waals surface area contributed by atoms with Crippen molar-refractivity contribution in [2.24, 2.45) is 27.0 Å². The van der Waals surface area contributed by atoms with Crippen LogP contribution in [0.1, 0.15) is 46.1 Å². The number of allylic oxidation sites excluding steroid dienone is 2. The molecule has 8 heteroatoms. The fourth-order valence-electron chi connectivity index (χ4n) is 5.27. The lowest BCUT2D eigenvalue weighted by atomic mass is 9.64. The fourth-order valence-corrected chi connectivity index (χ4v) is 6.87. The van der Waals surface area contributed by atoms with Crippen LogP contribution < -0.4 is 0 Å². The number of nitrogens with zero attached hydrogens (tertiary/aromatic N) is 3. The monoisotopic (exact) mass is 515 g/mol. The van der Waals surface area contributed by atoms with E-state index in [1.54, 1.807) is 36.4 Å². The first-order valence-electron chi connectivity index (χ1n) is 12.1. The topological polar surface area (TPSA) is 62.1 Å². The highest BCUT2D eigenvalue weighted by Gasteiger charge is 2.53. The van der Waals surface area contributed by atoms with Gasteiger partial charge in [-0.15, -0.1) is 0 Å². The van der Waals surface area contributed by atoms with Crippen molar-refractivity contribution >= 4 is 15.7 Å². The Kier molecular flexibility index (Phi) is 8.30. The first-order valence-corrected chi connectivity index (χ1v) is 13.5. The Morgan fingerprint density at radius 2 is 1.72 bits per heavy atom. The molecule has 2 aromatic carbocycles. The van der Waals surface area contributed by atoms with Gasteiger partial charge in [0.05, 0.1) is 16.2 Å². The molecule has 1 aliphatic rings. The third kappa shape index (κ3) is 5.20. The Morgan fingerprint density at radius 3 is 2.28 bits per heavy atom. The average molecular weight is 516 g/mol. The molecule has 1 aliphatic carbocycles. The van der Waals surface area contributed by atoms with E-state index in [9.17, 15) is 17.2 Å². The van der Waals surface area contributed by atoms with Gasteiger partial charge in [-0.05, 0) is 65.5 Å². The van der Waals surface area contributed by atoms with Gasteiger partial charge in [-0.3, -0.25) is 0 Å². The maximum Gasteiger partial charge on any atom is 0.243 e. The van der Waals surface area contributed by atoms with E-state index in [2.05, 4.69) is 37.6 Å². The quantitative estimate of drug-likeness (QED) is 0.264. The second-order valence-corrected chi connectivity index (χ2v) is 12.1. The standard InChI is InChI=1S/C28H35F2N3O2S/c1-7-33(36(34,35)21-12-9-8-10-13-21)19-28(5)17-16-22(27(28,3)4)20(2)18-25(32-31-6)26-23(29)14-11-15-24(26)30/h8-15,18,22H,2,7,16-17,19H2,1,3-6H3/b25-18-,32-31?. The molecule has 0 saturated heterocycles. The number of hydrogen-bond acceptors (Lipinski definition) is 4. The van der Waals surface area contributed by atoms with Crippen molar-refractivity contribution in [1.82, 2.24) is 4.31 Å². The van der Waals surface area contributed by atoms with E-state index >= 15 is 0 Å². The van der Waals surface area contributed by atoms with Crippen molar-refractivity contribution in [3.05, 3.63) is 84.0 Å². The summed E-state index contributed by atoms with van der Waals surface area (Å²) in [4.78, 5) is 0.275. The molecular weight excluding hydrogens is 480 g/mol. The fraction of sp³-hybridized carbons (Fsp3) is 0.429. The van der Waals surface area contributed by atoms with Crippen LogP contribution in [0.15, 0.2) is 81.9 Å². The zero-order valence-corrected chi connectivity index (χ0v) is 22.4. The molecule has 2 unspecified atom stereocenters. The molecular formula is C28H35F2N3O2S. The predicted molar refractivity (Wildman–Crippen MR) is 140 cm³/mol. The molecule has 0 spiro atoms. The van der Waals surface area contributed by atoms with Gasteiger partial charge in [-0.25, -0.2) is 17.2 Å². The number of rotatable bonds is 9. The molecule has 0 radical (unpaired) electrons. The van der Waals surface area contributed by atoms with Crippen LogP contribution in [0.4, 0.5) is 8.78 Å². The Hall–Kier alpha value is -2.71. The maximum atomic E-state index is 14.5. The second kappa shape index (κ2) is 10.7. The number of benzene rings is 2. The van der Waals surface area contributed by atoms with E-state index in [0.717, 1.165) is 12.8 Å². The molecule has 1 fully saturated rings. The van der Waals surface area contributed by atoms with E-state index in [4.69, 9.17) is 0 Å². The van der Waals surface area contributed by atoms with Gasteiger partial charge in [-0.2, -0.15) is 14.5 Å². The van der Waals surface area contributed by atoms with Crippen LogP contribution in [-0.2, 0) is 10.0 Å². The lowest BCUT2D eigenvalue weighted by molar-refractivity contribution is 0.0803. The minimum atomic E-state index is -3.65. The Balaban J connectivity index is 1.92. The van der Waals surface area contributed by atoms with Crippen molar-refractivity contribution < 1.29 is 17.2 Å². The van der Waals surface area contributed by atoms with Crippen molar-refractivity contribution in [3.8, 4) is 0 Å². The maximum absolute atomic E-state index is 14.5. The first kappa shape index (κ1) is 27.9. The van der Waals surface area contributed by atoms with Crippen LogP contribution in [0, 0.1) is 28.4 Å². The summed E-state index contributed by atoms with van der Waals surface area (Å²) >= 11 is 0. The highest BCUT2D eigenvalue weighted by Crippen LogP contribution is 2.58. The summed E-state index contributed by atoms with van der Waals surface area (Å²) in [5.41, 5.74) is -0.203. The molecule has 5 nitrogen and oxygen atoms in total. The second-order valence-electron chi connectivity index (χ2n) is 10.1. The van der Waals surface area contributed by atoms with Crippen LogP contribution in [0.3, 0.4) is 0 Å². The Bertz CT molecular complexity index is 1250. The molecule has 2 atom stereocenters. The third-order valence-electron chi connectivity index (χ3n) is 7.87.